The fraction of sp³-hybridized carbons (Fsp3) is 0.143. The molecular weight excluding hydrogens is 322 g/mol. The van der Waals surface area contributed by atoms with Crippen molar-refractivity contribution in [3.8, 4) is 0 Å². The molecule has 0 N–H and O–H groups in total. The quantitative estimate of drug-likeness (QED) is 0.645. The number of hydrogen-bond acceptors (Lipinski definition) is 0. The lowest BCUT2D eigenvalue weighted by molar-refractivity contribution is 0.588. The highest BCUT2D eigenvalue weighted by atomic mass is 79.9. The monoisotopic (exact) mass is 330 g/mol. The minimum absolute atomic E-state index is 0.261. The second kappa shape index (κ2) is 5.37. The zero-order valence-corrected chi connectivity index (χ0v) is 11.9. The van der Waals surface area contributed by atoms with Gasteiger partial charge in [-0.15, -0.1) is 0 Å². The number of hydrogen-bond donors (Lipinski definition) is 0. The van der Waals surface area contributed by atoms with Gasteiger partial charge in [-0.3, -0.25) is 0 Å². The van der Waals surface area contributed by atoms with E-state index in [0.717, 1.165) is 23.3 Å². The average molecular weight is 332 g/mol. The van der Waals surface area contributed by atoms with E-state index in [1.807, 2.05) is 19.1 Å². The summed E-state index contributed by atoms with van der Waals surface area (Å²) in [5, 5.41) is 0.575. The molecule has 0 aliphatic carbocycles. The first-order valence-corrected chi connectivity index (χ1v) is 6.63. The standard InChI is InChI=1S/C14H10BrClF2/c1-8-4-9(6-10(16)5-8)14(15)12-7-11(17)2-3-13(12)18/h2-7,14H,1H3. The maximum Gasteiger partial charge on any atom is 0.128 e. The van der Waals surface area contributed by atoms with Crippen molar-refractivity contribution in [3.63, 3.8) is 0 Å². The zero-order chi connectivity index (χ0) is 13.3. The van der Waals surface area contributed by atoms with Crippen LogP contribution < -0.4 is 0 Å². The van der Waals surface area contributed by atoms with Crippen LogP contribution >= 0.6 is 27.5 Å². The van der Waals surface area contributed by atoms with E-state index in [0.29, 0.717) is 5.02 Å². The van der Waals surface area contributed by atoms with Crippen molar-refractivity contribution in [3.05, 3.63) is 69.7 Å². The number of aryl methyl sites for hydroxylation is 1. The van der Waals surface area contributed by atoms with Crippen LogP contribution in [-0.4, -0.2) is 0 Å². The van der Waals surface area contributed by atoms with Gasteiger partial charge in [0.25, 0.3) is 0 Å². The molecule has 0 heterocycles. The highest BCUT2D eigenvalue weighted by molar-refractivity contribution is 9.09. The van der Waals surface area contributed by atoms with Gasteiger partial charge in [-0.25, -0.2) is 8.78 Å². The summed E-state index contributed by atoms with van der Waals surface area (Å²) in [5.74, 6) is -0.912. The number of alkyl halides is 1. The van der Waals surface area contributed by atoms with Crippen LogP contribution in [0.1, 0.15) is 21.5 Å². The number of rotatable bonds is 2. The van der Waals surface area contributed by atoms with Crippen LogP contribution in [0.25, 0.3) is 0 Å². The summed E-state index contributed by atoms with van der Waals surface area (Å²) in [5.41, 5.74) is 2.03. The summed E-state index contributed by atoms with van der Waals surface area (Å²) in [6.45, 7) is 1.90. The van der Waals surface area contributed by atoms with Crippen LogP contribution in [-0.2, 0) is 0 Å². The second-order valence-corrected chi connectivity index (χ2v) is 5.44. The first-order valence-electron chi connectivity index (χ1n) is 5.33. The molecule has 0 amide bonds. The fourth-order valence-corrected chi connectivity index (χ4v) is 2.71. The molecule has 0 radical (unpaired) electrons. The third-order valence-electron chi connectivity index (χ3n) is 2.59. The van der Waals surface area contributed by atoms with Gasteiger partial charge in [0, 0.05) is 10.6 Å². The smallest absolute Gasteiger partial charge is 0.128 e. The van der Waals surface area contributed by atoms with Gasteiger partial charge < -0.3 is 0 Å². The van der Waals surface area contributed by atoms with Gasteiger partial charge in [-0.2, -0.15) is 0 Å². The molecule has 94 valence electrons. The van der Waals surface area contributed by atoms with Crippen molar-refractivity contribution in [2.45, 2.75) is 11.8 Å². The van der Waals surface area contributed by atoms with E-state index in [2.05, 4.69) is 15.9 Å². The molecule has 4 heteroatoms. The maximum absolute atomic E-state index is 13.7. The van der Waals surface area contributed by atoms with Gasteiger partial charge in [0.05, 0.1) is 4.83 Å². The van der Waals surface area contributed by atoms with Crippen LogP contribution in [0.3, 0.4) is 0 Å². The van der Waals surface area contributed by atoms with Crippen molar-refractivity contribution in [1.82, 2.24) is 0 Å². The minimum Gasteiger partial charge on any atom is -0.207 e. The van der Waals surface area contributed by atoms with E-state index in [1.165, 1.54) is 6.07 Å². The summed E-state index contributed by atoms with van der Waals surface area (Å²) >= 11 is 9.35. The molecule has 0 nitrogen and oxygen atoms in total. The van der Waals surface area contributed by atoms with Crippen LogP contribution in [0.5, 0.6) is 0 Å². The van der Waals surface area contributed by atoms with Gasteiger partial charge in [-0.1, -0.05) is 33.6 Å². The zero-order valence-electron chi connectivity index (χ0n) is 9.55. The van der Waals surface area contributed by atoms with E-state index >= 15 is 0 Å². The van der Waals surface area contributed by atoms with Gasteiger partial charge in [-0.05, 0) is 48.4 Å². The molecule has 0 saturated carbocycles. The summed E-state index contributed by atoms with van der Waals surface area (Å²) in [6.07, 6.45) is 0. The van der Waals surface area contributed by atoms with Gasteiger partial charge in [0.15, 0.2) is 0 Å². The van der Waals surface area contributed by atoms with Crippen LogP contribution in [0.4, 0.5) is 8.78 Å². The molecule has 1 atom stereocenters. The van der Waals surface area contributed by atoms with Crippen molar-refractivity contribution in [2.75, 3.05) is 0 Å². The largest absolute Gasteiger partial charge is 0.207 e. The van der Waals surface area contributed by atoms with Crippen molar-refractivity contribution >= 4 is 27.5 Å². The van der Waals surface area contributed by atoms with Gasteiger partial charge >= 0.3 is 0 Å². The van der Waals surface area contributed by atoms with Crippen molar-refractivity contribution in [2.24, 2.45) is 0 Å². The van der Waals surface area contributed by atoms with Crippen LogP contribution in [0, 0.1) is 18.6 Å². The van der Waals surface area contributed by atoms with E-state index in [4.69, 9.17) is 11.6 Å². The Morgan fingerprint density at radius 2 is 1.83 bits per heavy atom. The molecule has 0 bridgehead atoms. The SMILES string of the molecule is Cc1cc(Cl)cc(C(Br)c2cc(F)ccc2F)c1. The first-order chi connectivity index (χ1) is 8.47. The molecule has 0 saturated heterocycles. The molecule has 2 aromatic rings. The molecule has 2 aromatic carbocycles. The Hall–Kier alpha value is -0.930. The van der Waals surface area contributed by atoms with E-state index in [9.17, 15) is 8.78 Å². The summed E-state index contributed by atoms with van der Waals surface area (Å²) < 4.78 is 26.8. The molecular formula is C14H10BrClF2. The van der Waals surface area contributed by atoms with Crippen molar-refractivity contribution < 1.29 is 8.78 Å². The Labute approximate surface area is 118 Å². The lowest BCUT2D eigenvalue weighted by Crippen LogP contribution is -1.98. The van der Waals surface area contributed by atoms with Crippen LogP contribution in [0.15, 0.2) is 36.4 Å². The van der Waals surface area contributed by atoms with E-state index in [1.54, 1.807) is 6.07 Å². The Bertz CT molecular complexity index is 564. The average Bonchev–Trinajstić information content (AvgIpc) is 2.30. The molecule has 0 fully saturated rings. The summed E-state index contributed by atoms with van der Waals surface area (Å²) in [7, 11) is 0. The Morgan fingerprint density at radius 1 is 1.11 bits per heavy atom. The normalized spacial score (nSPS) is 12.5. The third-order valence-corrected chi connectivity index (χ3v) is 3.83. The minimum atomic E-state index is -0.463. The predicted octanol–water partition coefficient (Wildman–Crippen LogP) is 5.41. The Kier molecular flexibility index (Phi) is 4.03. The third kappa shape index (κ3) is 2.90. The summed E-state index contributed by atoms with van der Waals surface area (Å²) in [4.78, 5) is -0.425. The molecule has 0 aliphatic rings. The lowest BCUT2D eigenvalue weighted by atomic mass is 10.0. The van der Waals surface area contributed by atoms with E-state index < -0.39 is 16.5 Å². The number of halogens is 4. The molecule has 0 spiro atoms. The molecule has 1 unspecified atom stereocenters. The highest BCUT2D eigenvalue weighted by Crippen LogP contribution is 2.34. The maximum atomic E-state index is 13.7. The fourth-order valence-electron chi connectivity index (χ4n) is 1.80. The Balaban J connectivity index is 2.47. The van der Waals surface area contributed by atoms with Gasteiger partial charge in [0.2, 0.25) is 0 Å². The predicted molar refractivity (Wildman–Crippen MR) is 73.3 cm³/mol. The Morgan fingerprint density at radius 3 is 2.50 bits per heavy atom. The summed E-state index contributed by atoms with van der Waals surface area (Å²) in [6, 6.07) is 8.84. The second-order valence-electron chi connectivity index (χ2n) is 4.09. The highest BCUT2D eigenvalue weighted by Gasteiger charge is 2.16. The lowest BCUT2D eigenvalue weighted by Gasteiger charge is -2.13. The first kappa shape index (κ1) is 13.5. The molecule has 18 heavy (non-hydrogen) atoms. The molecule has 2 rings (SSSR count). The van der Waals surface area contributed by atoms with Crippen molar-refractivity contribution in [1.29, 1.82) is 0 Å². The number of benzene rings is 2. The molecule has 0 aromatic heterocycles. The van der Waals surface area contributed by atoms with Crippen LogP contribution in [0.2, 0.25) is 5.02 Å². The van der Waals surface area contributed by atoms with E-state index in [-0.39, 0.29) is 5.56 Å². The molecule has 0 aliphatic heterocycles. The topological polar surface area (TPSA) is 0 Å². The van der Waals surface area contributed by atoms with Gasteiger partial charge in [0.1, 0.15) is 11.6 Å².